The van der Waals surface area contributed by atoms with E-state index in [1.165, 1.54) is 37.0 Å². The van der Waals surface area contributed by atoms with Crippen LogP contribution in [0.15, 0.2) is 14.7 Å². The lowest BCUT2D eigenvalue weighted by atomic mass is 10.0. The maximum atomic E-state index is 12.3. The lowest BCUT2D eigenvalue weighted by molar-refractivity contribution is 0.480. The minimum Gasteiger partial charge on any atom is -0.315 e. The minimum absolute atomic E-state index is 0.360. The third-order valence-corrected chi connectivity index (χ3v) is 7.62. The smallest absolute Gasteiger partial charge is 0.242 e. The Balaban J connectivity index is 1.85. The molecule has 1 aliphatic carbocycles. The number of nitrogens with one attached hydrogen (secondary N) is 2. The largest absolute Gasteiger partial charge is 0.315 e. The zero-order valence-corrected chi connectivity index (χ0v) is 15.5. The molecule has 1 aromatic heterocycles. The Bertz CT molecular complexity index is 551. The van der Waals surface area contributed by atoms with Gasteiger partial charge in [-0.2, -0.15) is 0 Å². The van der Waals surface area contributed by atoms with Gasteiger partial charge < -0.3 is 5.32 Å². The molecule has 0 atom stereocenters. The van der Waals surface area contributed by atoms with Crippen LogP contribution in [0.5, 0.6) is 0 Å². The van der Waals surface area contributed by atoms with Crippen molar-refractivity contribution in [2.75, 3.05) is 13.6 Å². The molecule has 1 aliphatic rings. The summed E-state index contributed by atoms with van der Waals surface area (Å²) in [6.07, 6.45) is 7.37. The van der Waals surface area contributed by atoms with Gasteiger partial charge in [-0.1, -0.05) is 25.7 Å². The predicted molar refractivity (Wildman–Crippen MR) is 91.2 cm³/mol. The van der Waals surface area contributed by atoms with Crippen LogP contribution in [0.2, 0.25) is 0 Å². The molecule has 1 saturated carbocycles. The van der Waals surface area contributed by atoms with Crippen molar-refractivity contribution in [3.8, 4) is 0 Å². The highest BCUT2D eigenvalue weighted by Gasteiger charge is 2.21. The van der Waals surface area contributed by atoms with Crippen LogP contribution < -0.4 is 10.0 Å². The maximum absolute atomic E-state index is 12.3. The van der Waals surface area contributed by atoms with E-state index in [-0.39, 0.29) is 0 Å². The standard InChI is InChI=1S/C14H23BrN2O2S2/c1-16-10-12-9-13(14(15)20-12)21(18,19)17-8-4-7-11-5-2-3-6-11/h9,11,16-17H,2-8,10H2,1H3. The van der Waals surface area contributed by atoms with Crippen molar-refractivity contribution in [1.82, 2.24) is 10.0 Å². The van der Waals surface area contributed by atoms with Gasteiger partial charge in [-0.05, 0) is 47.8 Å². The van der Waals surface area contributed by atoms with Gasteiger partial charge >= 0.3 is 0 Å². The van der Waals surface area contributed by atoms with Gasteiger partial charge in [0.1, 0.15) is 4.90 Å². The van der Waals surface area contributed by atoms with Crippen LogP contribution in [-0.4, -0.2) is 22.0 Å². The molecule has 2 rings (SSSR count). The average Bonchev–Trinajstić information content (AvgIpc) is 3.05. The molecule has 7 heteroatoms. The first kappa shape index (κ1) is 17.4. The Morgan fingerprint density at radius 3 is 2.76 bits per heavy atom. The number of hydrogen-bond acceptors (Lipinski definition) is 4. The number of halogens is 1. The molecule has 21 heavy (non-hydrogen) atoms. The second-order valence-corrected chi connectivity index (χ2v) is 9.76. The van der Waals surface area contributed by atoms with E-state index in [1.54, 1.807) is 6.07 Å². The Morgan fingerprint density at radius 1 is 1.38 bits per heavy atom. The Hall–Kier alpha value is 0.0500. The third-order valence-electron chi connectivity index (χ3n) is 3.90. The normalized spacial score (nSPS) is 16.7. The highest BCUT2D eigenvalue weighted by atomic mass is 79.9. The summed E-state index contributed by atoms with van der Waals surface area (Å²) < 4.78 is 28.0. The molecular weight excluding hydrogens is 372 g/mol. The molecule has 0 radical (unpaired) electrons. The summed E-state index contributed by atoms with van der Waals surface area (Å²) in [5.74, 6) is 0.810. The Labute approximate surface area is 139 Å². The Morgan fingerprint density at radius 2 is 2.10 bits per heavy atom. The number of sulfonamides is 1. The molecule has 1 heterocycles. The fourth-order valence-electron chi connectivity index (χ4n) is 2.82. The zero-order valence-electron chi connectivity index (χ0n) is 12.3. The molecule has 120 valence electrons. The molecule has 2 N–H and O–H groups in total. The summed E-state index contributed by atoms with van der Waals surface area (Å²) in [7, 11) is -1.55. The fraction of sp³-hybridized carbons (Fsp3) is 0.714. The van der Waals surface area contributed by atoms with Crippen LogP contribution in [0.25, 0.3) is 0 Å². The van der Waals surface area contributed by atoms with Gasteiger partial charge in [0.15, 0.2) is 0 Å². The first-order valence-corrected chi connectivity index (χ1v) is 10.5. The van der Waals surface area contributed by atoms with E-state index in [1.807, 2.05) is 7.05 Å². The summed E-state index contributed by atoms with van der Waals surface area (Å²) in [6.45, 7) is 1.21. The molecule has 0 bridgehead atoms. The second-order valence-electron chi connectivity index (χ2n) is 5.57. The monoisotopic (exact) mass is 394 g/mol. The van der Waals surface area contributed by atoms with E-state index in [4.69, 9.17) is 0 Å². The van der Waals surface area contributed by atoms with E-state index >= 15 is 0 Å². The molecule has 1 aromatic rings. The van der Waals surface area contributed by atoms with Gasteiger partial charge in [0, 0.05) is 18.0 Å². The van der Waals surface area contributed by atoms with Crippen LogP contribution in [0.1, 0.15) is 43.4 Å². The summed E-state index contributed by atoms with van der Waals surface area (Å²) in [5.41, 5.74) is 0. The van der Waals surface area contributed by atoms with E-state index in [0.29, 0.717) is 21.8 Å². The van der Waals surface area contributed by atoms with Gasteiger partial charge in [-0.25, -0.2) is 13.1 Å². The summed E-state index contributed by atoms with van der Waals surface area (Å²) in [6, 6.07) is 1.74. The molecule has 0 unspecified atom stereocenters. The molecular formula is C14H23BrN2O2S2. The van der Waals surface area contributed by atoms with E-state index in [2.05, 4.69) is 26.0 Å². The summed E-state index contributed by atoms with van der Waals surface area (Å²) in [4.78, 5) is 1.37. The van der Waals surface area contributed by atoms with Crippen LogP contribution in [0.4, 0.5) is 0 Å². The maximum Gasteiger partial charge on any atom is 0.242 e. The topological polar surface area (TPSA) is 58.2 Å². The average molecular weight is 395 g/mol. The van der Waals surface area contributed by atoms with Gasteiger partial charge in [-0.3, -0.25) is 0 Å². The van der Waals surface area contributed by atoms with Crippen molar-refractivity contribution in [2.24, 2.45) is 5.92 Å². The first-order valence-electron chi connectivity index (χ1n) is 7.45. The third kappa shape index (κ3) is 5.03. The van der Waals surface area contributed by atoms with Crippen molar-refractivity contribution in [1.29, 1.82) is 0 Å². The van der Waals surface area contributed by atoms with Crippen molar-refractivity contribution in [3.05, 3.63) is 14.7 Å². The highest BCUT2D eigenvalue weighted by Crippen LogP contribution is 2.32. The molecule has 0 aliphatic heterocycles. The van der Waals surface area contributed by atoms with Crippen LogP contribution >= 0.6 is 27.3 Å². The lowest BCUT2D eigenvalue weighted by Gasteiger charge is -2.09. The summed E-state index contributed by atoms with van der Waals surface area (Å²) >= 11 is 4.82. The second kappa shape index (κ2) is 8.06. The van der Waals surface area contributed by atoms with Crippen LogP contribution in [0, 0.1) is 5.92 Å². The molecule has 1 fully saturated rings. The molecule has 0 spiro atoms. The van der Waals surface area contributed by atoms with E-state index in [0.717, 1.165) is 23.6 Å². The SMILES string of the molecule is CNCc1cc(S(=O)(=O)NCCCC2CCCC2)c(Br)s1. The van der Waals surface area contributed by atoms with E-state index in [9.17, 15) is 8.42 Å². The highest BCUT2D eigenvalue weighted by molar-refractivity contribution is 9.11. The van der Waals surface area contributed by atoms with Crippen LogP contribution in [0.3, 0.4) is 0 Å². The van der Waals surface area contributed by atoms with Crippen molar-refractivity contribution in [3.63, 3.8) is 0 Å². The van der Waals surface area contributed by atoms with Gasteiger partial charge in [0.25, 0.3) is 0 Å². The molecule has 4 nitrogen and oxygen atoms in total. The van der Waals surface area contributed by atoms with Crippen molar-refractivity contribution >= 4 is 37.3 Å². The quantitative estimate of drug-likeness (QED) is 0.663. The van der Waals surface area contributed by atoms with Crippen molar-refractivity contribution < 1.29 is 8.42 Å². The number of hydrogen-bond donors (Lipinski definition) is 2. The lowest BCUT2D eigenvalue weighted by Crippen LogP contribution is -2.25. The molecule has 0 aromatic carbocycles. The molecule has 0 saturated heterocycles. The fourth-order valence-corrected chi connectivity index (χ4v) is 6.58. The van der Waals surface area contributed by atoms with E-state index < -0.39 is 10.0 Å². The minimum atomic E-state index is -3.40. The zero-order chi connectivity index (χ0) is 15.3. The van der Waals surface area contributed by atoms with Crippen LogP contribution in [-0.2, 0) is 16.6 Å². The Kier molecular flexibility index (Phi) is 6.68. The van der Waals surface area contributed by atoms with Gasteiger partial charge in [-0.15, -0.1) is 11.3 Å². The van der Waals surface area contributed by atoms with Gasteiger partial charge in [0.05, 0.1) is 3.79 Å². The molecule has 0 amide bonds. The first-order chi connectivity index (χ1) is 10.0. The van der Waals surface area contributed by atoms with Crippen molar-refractivity contribution in [2.45, 2.75) is 50.0 Å². The number of rotatable bonds is 8. The predicted octanol–water partition coefficient (Wildman–Crippen LogP) is 3.48. The van der Waals surface area contributed by atoms with Gasteiger partial charge in [0.2, 0.25) is 10.0 Å². The summed E-state index contributed by atoms with van der Waals surface area (Å²) in [5, 5.41) is 3.03. The number of thiophene rings is 1.